The van der Waals surface area contributed by atoms with Gasteiger partial charge in [-0.25, -0.2) is 4.98 Å². The quantitative estimate of drug-likeness (QED) is 0.646. The van der Waals surface area contributed by atoms with Crippen LogP contribution in [0.3, 0.4) is 0 Å². The van der Waals surface area contributed by atoms with Crippen LogP contribution in [0.1, 0.15) is 38.1 Å². The Bertz CT molecular complexity index is 905. The van der Waals surface area contributed by atoms with E-state index in [4.69, 9.17) is 9.72 Å². The highest BCUT2D eigenvalue weighted by molar-refractivity contribution is 5.80. The van der Waals surface area contributed by atoms with E-state index in [1.807, 2.05) is 44.1 Å². The van der Waals surface area contributed by atoms with Gasteiger partial charge in [0.05, 0.1) is 30.1 Å². The van der Waals surface area contributed by atoms with E-state index in [0.717, 1.165) is 25.8 Å². The Morgan fingerprint density at radius 1 is 1.28 bits per heavy atom. The fourth-order valence-electron chi connectivity index (χ4n) is 3.73. The first-order valence-electron chi connectivity index (χ1n) is 10.4. The number of hydrogen-bond acceptors (Lipinski definition) is 5. The van der Waals surface area contributed by atoms with E-state index in [0.29, 0.717) is 36.4 Å². The number of methoxy groups -OCH3 is 1. The summed E-state index contributed by atoms with van der Waals surface area (Å²) < 4.78 is 6.90. The summed E-state index contributed by atoms with van der Waals surface area (Å²) in [5, 5.41) is 0.588. The van der Waals surface area contributed by atoms with Gasteiger partial charge in [-0.1, -0.05) is 18.6 Å². The summed E-state index contributed by atoms with van der Waals surface area (Å²) in [5.74, 6) is 0.891. The van der Waals surface area contributed by atoms with Crippen molar-refractivity contribution in [1.82, 2.24) is 19.4 Å². The second kappa shape index (κ2) is 9.50. The minimum atomic E-state index is -0.294. The molecule has 1 aliphatic carbocycles. The number of carbonyl (C=O) groups excluding carboxylic acids is 1. The zero-order valence-electron chi connectivity index (χ0n) is 17.9. The number of para-hydroxylation sites is 1. The molecule has 7 heteroatoms. The van der Waals surface area contributed by atoms with E-state index in [2.05, 4.69) is 4.90 Å². The Morgan fingerprint density at radius 3 is 2.62 bits per heavy atom. The van der Waals surface area contributed by atoms with Crippen LogP contribution < -0.4 is 5.56 Å². The SMILES string of the molecule is COCCn1c(C(C)N(CCN(C)C)C(=O)C2CCC2)nc2ccccc2c1=O. The van der Waals surface area contributed by atoms with Gasteiger partial charge in [-0.05, 0) is 46.0 Å². The molecule has 7 nitrogen and oxygen atoms in total. The number of benzene rings is 1. The number of amides is 1. The van der Waals surface area contributed by atoms with Gasteiger partial charge in [-0.15, -0.1) is 0 Å². The number of fused-ring (bicyclic) bond motifs is 1. The van der Waals surface area contributed by atoms with E-state index in [9.17, 15) is 9.59 Å². The Kier molecular flexibility index (Phi) is 7.03. The molecule has 0 N–H and O–H groups in total. The molecule has 0 saturated heterocycles. The smallest absolute Gasteiger partial charge is 0.261 e. The molecule has 0 bridgehead atoms. The van der Waals surface area contributed by atoms with Crippen molar-refractivity contribution >= 4 is 16.8 Å². The topological polar surface area (TPSA) is 67.7 Å². The summed E-state index contributed by atoms with van der Waals surface area (Å²) in [6, 6.07) is 7.08. The van der Waals surface area contributed by atoms with Crippen LogP contribution in [0, 0.1) is 5.92 Å². The molecule has 1 fully saturated rings. The van der Waals surface area contributed by atoms with Crippen LogP contribution in [0.15, 0.2) is 29.1 Å². The summed E-state index contributed by atoms with van der Waals surface area (Å²) in [6.07, 6.45) is 3.01. The van der Waals surface area contributed by atoms with Crippen molar-refractivity contribution in [1.29, 1.82) is 0 Å². The third kappa shape index (κ3) is 4.67. The molecule has 1 aromatic heterocycles. The summed E-state index contributed by atoms with van der Waals surface area (Å²) in [7, 11) is 5.62. The lowest BCUT2D eigenvalue weighted by molar-refractivity contribution is -0.140. The predicted molar refractivity (Wildman–Crippen MR) is 114 cm³/mol. The number of carbonyl (C=O) groups is 1. The molecule has 1 aromatic carbocycles. The summed E-state index contributed by atoms with van der Waals surface area (Å²) in [4.78, 5) is 35.2. The van der Waals surface area contributed by atoms with Crippen LogP contribution in [-0.4, -0.2) is 66.2 Å². The summed E-state index contributed by atoms with van der Waals surface area (Å²) in [5.41, 5.74) is 0.579. The average Bonchev–Trinajstić information content (AvgIpc) is 2.65. The highest BCUT2D eigenvalue weighted by Gasteiger charge is 2.33. The Balaban J connectivity index is 2.03. The maximum absolute atomic E-state index is 13.2. The van der Waals surface area contributed by atoms with Crippen LogP contribution in [-0.2, 0) is 16.1 Å². The zero-order chi connectivity index (χ0) is 21.0. The van der Waals surface area contributed by atoms with Crippen molar-refractivity contribution < 1.29 is 9.53 Å². The summed E-state index contributed by atoms with van der Waals surface area (Å²) in [6.45, 7) is 4.17. The van der Waals surface area contributed by atoms with Gasteiger partial charge in [0.2, 0.25) is 5.91 Å². The third-order valence-electron chi connectivity index (χ3n) is 5.78. The second-order valence-corrected chi connectivity index (χ2v) is 8.08. The molecule has 3 rings (SSSR count). The van der Waals surface area contributed by atoms with E-state index in [1.54, 1.807) is 17.7 Å². The molecule has 0 spiro atoms. The zero-order valence-corrected chi connectivity index (χ0v) is 17.9. The van der Waals surface area contributed by atoms with Crippen LogP contribution in [0.2, 0.25) is 0 Å². The highest BCUT2D eigenvalue weighted by Crippen LogP contribution is 2.31. The lowest BCUT2D eigenvalue weighted by Crippen LogP contribution is -2.45. The molecule has 1 heterocycles. The van der Waals surface area contributed by atoms with Crippen LogP contribution >= 0.6 is 0 Å². The largest absolute Gasteiger partial charge is 0.383 e. The molecule has 1 aliphatic rings. The minimum absolute atomic E-state index is 0.0850. The third-order valence-corrected chi connectivity index (χ3v) is 5.78. The van der Waals surface area contributed by atoms with Crippen molar-refractivity contribution in [2.45, 2.75) is 38.8 Å². The average molecular weight is 401 g/mol. The molecule has 1 atom stereocenters. The van der Waals surface area contributed by atoms with Gasteiger partial charge < -0.3 is 14.5 Å². The molecule has 0 aliphatic heterocycles. The van der Waals surface area contributed by atoms with Crippen molar-refractivity contribution in [3.05, 3.63) is 40.4 Å². The predicted octanol–water partition coefficient (Wildman–Crippen LogP) is 2.29. The molecule has 1 unspecified atom stereocenters. The van der Waals surface area contributed by atoms with Crippen molar-refractivity contribution in [2.24, 2.45) is 5.92 Å². The van der Waals surface area contributed by atoms with Crippen LogP contribution in [0.4, 0.5) is 0 Å². The van der Waals surface area contributed by atoms with E-state index in [1.165, 1.54) is 0 Å². The van der Waals surface area contributed by atoms with Crippen LogP contribution in [0.5, 0.6) is 0 Å². The van der Waals surface area contributed by atoms with E-state index >= 15 is 0 Å². The Labute approximate surface area is 172 Å². The van der Waals surface area contributed by atoms with Crippen molar-refractivity contribution in [3.8, 4) is 0 Å². The normalized spacial score (nSPS) is 15.5. The lowest BCUT2D eigenvalue weighted by Gasteiger charge is -2.36. The molecule has 1 amide bonds. The molecule has 158 valence electrons. The Hall–Kier alpha value is -2.25. The lowest BCUT2D eigenvalue weighted by atomic mass is 9.84. The number of rotatable bonds is 9. The van der Waals surface area contributed by atoms with Crippen LogP contribution in [0.25, 0.3) is 10.9 Å². The molecule has 29 heavy (non-hydrogen) atoms. The molecule has 0 radical (unpaired) electrons. The minimum Gasteiger partial charge on any atom is -0.383 e. The monoisotopic (exact) mass is 400 g/mol. The first-order chi connectivity index (χ1) is 13.9. The standard InChI is InChI=1S/C22H32N4O3/c1-16(25(13-12-24(2)3)21(27)17-8-7-9-17)20-23-19-11-6-5-10-18(19)22(28)26(20)14-15-29-4/h5-6,10-11,16-17H,7-9,12-15H2,1-4H3. The van der Waals surface area contributed by atoms with E-state index in [-0.39, 0.29) is 23.4 Å². The molecule has 1 saturated carbocycles. The Morgan fingerprint density at radius 2 is 2.00 bits per heavy atom. The first kappa shape index (κ1) is 21.5. The number of likely N-dealkylation sites (N-methyl/N-ethyl adjacent to an activating group) is 1. The molecular formula is C22H32N4O3. The number of aromatic nitrogens is 2. The van der Waals surface area contributed by atoms with Gasteiger partial charge in [0.1, 0.15) is 5.82 Å². The van der Waals surface area contributed by atoms with Gasteiger partial charge in [0.15, 0.2) is 0 Å². The van der Waals surface area contributed by atoms with Gasteiger partial charge in [0.25, 0.3) is 5.56 Å². The number of ether oxygens (including phenoxy) is 1. The van der Waals surface area contributed by atoms with Crippen molar-refractivity contribution in [3.63, 3.8) is 0 Å². The van der Waals surface area contributed by atoms with Gasteiger partial charge in [0, 0.05) is 26.1 Å². The number of nitrogens with zero attached hydrogens (tertiary/aromatic N) is 4. The second-order valence-electron chi connectivity index (χ2n) is 8.08. The first-order valence-corrected chi connectivity index (χ1v) is 10.4. The van der Waals surface area contributed by atoms with Gasteiger partial charge >= 0.3 is 0 Å². The van der Waals surface area contributed by atoms with Gasteiger partial charge in [-0.3, -0.25) is 14.2 Å². The maximum atomic E-state index is 13.2. The summed E-state index contributed by atoms with van der Waals surface area (Å²) >= 11 is 0. The molecular weight excluding hydrogens is 368 g/mol. The fourth-order valence-corrected chi connectivity index (χ4v) is 3.73. The van der Waals surface area contributed by atoms with Crippen molar-refractivity contribution in [2.75, 3.05) is 40.9 Å². The maximum Gasteiger partial charge on any atom is 0.261 e. The highest BCUT2D eigenvalue weighted by atomic mass is 16.5. The fraction of sp³-hybridized carbons (Fsp3) is 0.591. The molecule has 2 aromatic rings. The van der Waals surface area contributed by atoms with Gasteiger partial charge in [-0.2, -0.15) is 0 Å². The van der Waals surface area contributed by atoms with E-state index < -0.39 is 0 Å². The number of hydrogen-bond donors (Lipinski definition) is 0.